The Hall–Kier alpha value is -0.770. The van der Waals surface area contributed by atoms with Gasteiger partial charge in [-0.05, 0) is 30.4 Å². The topological polar surface area (TPSA) is 55.1 Å². The van der Waals surface area contributed by atoms with Gasteiger partial charge in [0.1, 0.15) is 0 Å². The highest BCUT2D eigenvalue weighted by Crippen LogP contribution is 2.26. The third-order valence-electron chi connectivity index (χ3n) is 3.60. The minimum atomic E-state index is 0. The number of rotatable bonds is 4. The van der Waals surface area contributed by atoms with Gasteiger partial charge in [0.15, 0.2) is 0 Å². The predicted octanol–water partition coefficient (Wildman–Crippen LogP) is 2.90. The zero-order chi connectivity index (χ0) is 13.0. The maximum atomic E-state index is 11.8. The molecule has 1 aromatic rings. The molecule has 1 fully saturated rings. The van der Waals surface area contributed by atoms with Crippen molar-refractivity contribution >= 4 is 29.9 Å². The van der Waals surface area contributed by atoms with Crippen LogP contribution < -0.4 is 11.1 Å². The van der Waals surface area contributed by atoms with E-state index in [1.165, 1.54) is 0 Å². The summed E-state index contributed by atoms with van der Waals surface area (Å²) in [5.41, 5.74) is 6.90. The average molecular weight is 303 g/mol. The van der Waals surface area contributed by atoms with E-state index in [1.54, 1.807) is 0 Å². The molecule has 1 amide bonds. The highest BCUT2D eigenvalue weighted by Gasteiger charge is 2.25. The summed E-state index contributed by atoms with van der Waals surface area (Å²) in [7, 11) is 0. The monoisotopic (exact) mass is 302 g/mol. The second-order valence-electron chi connectivity index (χ2n) is 4.93. The minimum absolute atomic E-state index is 0. The van der Waals surface area contributed by atoms with Crippen molar-refractivity contribution < 1.29 is 4.79 Å². The van der Waals surface area contributed by atoms with E-state index in [9.17, 15) is 4.79 Å². The maximum Gasteiger partial charge on any atom is 0.220 e. The van der Waals surface area contributed by atoms with E-state index in [0.29, 0.717) is 23.9 Å². The van der Waals surface area contributed by atoms with Crippen LogP contribution in [0.5, 0.6) is 0 Å². The van der Waals surface area contributed by atoms with E-state index < -0.39 is 0 Å². The molecule has 2 atom stereocenters. The average Bonchev–Trinajstić information content (AvgIpc) is 2.74. The number of hydrogen-bond donors (Lipinski definition) is 2. The third kappa shape index (κ3) is 4.68. The first-order chi connectivity index (χ1) is 8.66. The Morgan fingerprint density at radius 2 is 2.11 bits per heavy atom. The van der Waals surface area contributed by atoms with Crippen LogP contribution in [0.4, 0.5) is 0 Å². The van der Waals surface area contributed by atoms with Gasteiger partial charge in [-0.2, -0.15) is 0 Å². The van der Waals surface area contributed by atoms with Crippen molar-refractivity contribution in [3.8, 4) is 0 Å². The predicted molar refractivity (Wildman–Crippen MR) is 80.5 cm³/mol. The van der Waals surface area contributed by atoms with Gasteiger partial charge in [0.2, 0.25) is 5.91 Å². The van der Waals surface area contributed by atoms with Crippen LogP contribution in [-0.2, 0) is 11.3 Å². The molecule has 0 aliphatic heterocycles. The standard InChI is InChI=1S/C14H19ClN2O.ClH/c15-12-6-2-1-4-11(12)9-17-14(18)8-10-5-3-7-13(10)16;/h1-2,4,6,10,13H,3,5,7-9,16H2,(H,17,18);1H/t10-,13+;/m0./s1. The number of amides is 1. The molecule has 0 unspecified atom stereocenters. The molecule has 3 nitrogen and oxygen atoms in total. The Balaban J connectivity index is 0.00000180. The van der Waals surface area contributed by atoms with Crippen LogP contribution in [0.2, 0.25) is 5.02 Å². The van der Waals surface area contributed by atoms with Crippen molar-refractivity contribution in [1.29, 1.82) is 0 Å². The summed E-state index contributed by atoms with van der Waals surface area (Å²) in [5.74, 6) is 0.411. The lowest BCUT2D eigenvalue weighted by Crippen LogP contribution is -2.31. The molecule has 0 bridgehead atoms. The molecule has 19 heavy (non-hydrogen) atoms. The lowest BCUT2D eigenvalue weighted by molar-refractivity contribution is -0.122. The molecule has 0 heterocycles. The zero-order valence-electron chi connectivity index (χ0n) is 10.8. The lowest BCUT2D eigenvalue weighted by atomic mass is 10.00. The van der Waals surface area contributed by atoms with Gasteiger partial charge < -0.3 is 11.1 Å². The number of carbonyl (C=O) groups excluding carboxylic acids is 1. The second kappa shape index (κ2) is 7.73. The molecule has 0 spiro atoms. The van der Waals surface area contributed by atoms with Gasteiger partial charge in [0.25, 0.3) is 0 Å². The van der Waals surface area contributed by atoms with E-state index >= 15 is 0 Å². The van der Waals surface area contributed by atoms with Gasteiger partial charge in [-0.15, -0.1) is 12.4 Å². The Morgan fingerprint density at radius 3 is 2.74 bits per heavy atom. The molecule has 3 N–H and O–H groups in total. The molecule has 0 aromatic heterocycles. The molecule has 0 radical (unpaired) electrons. The summed E-state index contributed by atoms with van der Waals surface area (Å²) in [6.45, 7) is 0.487. The number of carbonyl (C=O) groups is 1. The smallest absolute Gasteiger partial charge is 0.220 e. The van der Waals surface area contributed by atoms with Gasteiger partial charge in [-0.3, -0.25) is 4.79 Å². The first-order valence-corrected chi connectivity index (χ1v) is 6.80. The van der Waals surface area contributed by atoms with Gasteiger partial charge in [0.05, 0.1) is 0 Å². The Bertz CT molecular complexity index is 426. The Labute approximate surface area is 125 Å². The quantitative estimate of drug-likeness (QED) is 0.898. The van der Waals surface area contributed by atoms with Crippen molar-refractivity contribution in [2.45, 2.75) is 38.3 Å². The van der Waals surface area contributed by atoms with Gasteiger partial charge >= 0.3 is 0 Å². The van der Waals surface area contributed by atoms with Crippen molar-refractivity contribution in [2.75, 3.05) is 0 Å². The van der Waals surface area contributed by atoms with E-state index in [1.807, 2.05) is 24.3 Å². The van der Waals surface area contributed by atoms with Crippen LogP contribution in [0, 0.1) is 5.92 Å². The first-order valence-electron chi connectivity index (χ1n) is 6.42. The molecular formula is C14H20Cl2N2O. The van der Waals surface area contributed by atoms with Crippen molar-refractivity contribution in [3.05, 3.63) is 34.9 Å². The van der Waals surface area contributed by atoms with Crippen LogP contribution in [0.15, 0.2) is 24.3 Å². The summed E-state index contributed by atoms with van der Waals surface area (Å²) >= 11 is 6.03. The molecular weight excluding hydrogens is 283 g/mol. The fraction of sp³-hybridized carbons (Fsp3) is 0.500. The minimum Gasteiger partial charge on any atom is -0.352 e. The van der Waals surface area contributed by atoms with Crippen molar-refractivity contribution in [3.63, 3.8) is 0 Å². The van der Waals surface area contributed by atoms with Gasteiger partial charge in [0, 0.05) is 24.0 Å². The summed E-state index contributed by atoms with van der Waals surface area (Å²) in [4.78, 5) is 11.8. The Morgan fingerprint density at radius 1 is 1.37 bits per heavy atom. The third-order valence-corrected chi connectivity index (χ3v) is 3.97. The van der Waals surface area contributed by atoms with Crippen LogP contribution in [0.3, 0.4) is 0 Å². The fourth-order valence-corrected chi connectivity index (χ4v) is 2.67. The van der Waals surface area contributed by atoms with Crippen LogP contribution in [0.25, 0.3) is 0 Å². The molecule has 1 aliphatic carbocycles. The SMILES string of the molecule is Cl.N[C@@H]1CCC[C@H]1CC(=O)NCc1ccccc1Cl. The number of nitrogens with one attached hydrogen (secondary N) is 1. The molecule has 5 heteroatoms. The summed E-state index contributed by atoms with van der Waals surface area (Å²) < 4.78 is 0. The summed E-state index contributed by atoms with van der Waals surface area (Å²) in [6.07, 6.45) is 3.79. The van der Waals surface area contributed by atoms with E-state index in [-0.39, 0.29) is 24.4 Å². The summed E-state index contributed by atoms with van der Waals surface area (Å²) in [5, 5.41) is 3.60. The molecule has 1 aromatic carbocycles. The number of halogens is 2. The molecule has 106 valence electrons. The van der Waals surface area contributed by atoms with Crippen LogP contribution >= 0.6 is 24.0 Å². The fourth-order valence-electron chi connectivity index (χ4n) is 2.46. The van der Waals surface area contributed by atoms with E-state index in [4.69, 9.17) is 17.3 Å². The Kier molecular flexibility index (Phi) is 6.63. The van der Waals surface area contributed by atoms with Gasteiger partial charge in [-0.1, -0.05) is 36.2 Å². The highest BCUT2D eigenvalue weighted by atomic mass is 35.5. The van der Waals surface area contributed by atoms with Gasteiger partial charge in [-0.25, -0.2) is 0 Å². The maximum absolute atomic E-state index is 11.8. The highest BCUT2D eigenvalue weighted by molar-refractivity contribution is 6.31. The van der Waals surface area contributed by atoms with E-state index in [2.05, 4.69) is 5.32 Å². The lowest BCUT2D eigenvalue weighted by Gasteiger charge is -2.15. The molecule has 1 aliphatic rings. The number of hydrogen-bond acceptors (Lipinski definition) is 2. The normalized spacial score (nSPS) is 21.8. The molecule has 0 saturated heterocycles. The first kappa shape index (κ1) is 16.3. The molecule has 2 rings (SSSR count). The second-order valence-corrected chi connectivity index (χ2v) is 5.33. The van der Waals surface area contributed by atoms with Crippen LogP contribution in [0.1, 0.15) is 31.2 Å². The van der Waals surface area contributed by atoms with Crippen LogP contribution in [-0.4, -0.2) is 11.9 Å². The number of benzene rings is 1. The zero-order valence-corrected chi connectivity index (χ0v) is 12.3. The number of nitrogens with two attached hydrogens (primary N) is 1. The van der Waals surface area contributed by atoms with Crippen molar-refractivity contribution in [1.82, 2.24) is 5.32 Å². The molecule has 1 saturated carbocycles. The largest absolute Gasteiger partial charge is 0.352 e. The summed E-state index contributed by atoms with van der Waals surface area (Å²) in [6, 6.07) is 7.74. The van der Waals surface area contributed by atoms with Crippen molar-refractivity contribution in [2.24, 2.45) is 11.7 Å². The van der Waals surface area contributed by atoms with E-state index in [0.717, 1.165) is 24.8 Å².